The molecule has 0 spiro atoms. The van der Waals surface area contributed by atoms with E-state index in [1.54, 1.807) is 24.0 Å². The molecule has 1 amide bonds. The van der Waals surface area contributed by atoms with Crippen molar-refractivity contribution in [3.63, 3.8) is 0 Å². The fourth-order valence-electron chi connectivity index (χ4n) is 4.42. The summed E-state index contributed by atoms with van der Waals surface area (Å²) in [4.78, 5) is 25.4. The Hall–Kier alpha value is -3.44. The molecule has 5 nitrogen and oxygen atoms in total. The lowest BCUT2D eigenvalue weighted by Gasteiger charge is -2.30. The van der Waals surface area contributed by atoms with Crippen LogP contribution in [0, 0.1) is 0 Å². The first-order valence-electron chi connectivity index (χ1n) is 12.1. The number of aliphatic hydroxyl groups is 1. The number of benzene rings is 3. The van der Waals surface area contributed by atoms with Crippen LogP contribution in [0.4, 0.5) is 5.69 Å². The van der Waals surface area contributed by atoms with Gasteiger partial charge in [-0.1, -0.05) is 51.1 Å². The first-order valence-corrected chi connectivity index (χ1v) is 12.1. The van der Waals surface area contributed by atoms with Gasteiger partial charge in [0.15, 0.2) is 0 Å². The number of rotatable bonds is 8. The average Bonchev–Trinajstić information content (AvgIpc) is 2.82. The molecule has 3 aromatic carbocycles. The van der Waals surface area contributed by atoms with E-state index in [4.69, 9.17) is 0 Å². The van der Waals surface area contributed by atoms with Gasteiger partial charge in [0, 0.05) is 25.8 Å². The second-order valence-corrected chi connectivity index (χ2v) is 9.83. The smallest absolute Gasteiger partial charge is 0.335 e. The van der Waals surface area contributed by atoms with E-state index in [-0.39, 0.29) is 23.5 Å². The van der Waals surface area contributed by atoms with Crippen LogP contribution in [0.25, 0.3) is 22.3 Å². The Balaban J connectivity index is 2.17. The Morgan fingerprint density at radius 1 is 0.886 bits per heavy atom. The van der Waals surface area contributed by atoms with Crippen molar-refractivity contribution in [2.75, 3.05) is 18.1 Å². The highest BCUT2D eigenvalue weighted by molar-refractivity contribution is 5.93. The van der Waals surface area contributed by atoms with Gasteiger partial charge >= 0.3 is 5.97 Å². The first kappa shape index (κ1) is 26.2. The van der Waals surface area contributed by atoms with E-state index in [1.165, 1.54) is 0 Å². The molecule has 3 rings (SSSR count). The molecule has 0 fully saturated rings. The van der Waals surface area contributed by atoms with Crippen molar-refractivity contribution in [3.05, 3.63) is 77.4 Å². The summed E-state index contributed by atoms with van der Waals surface area (Å²) >= 11 is 0. The standard InChI is InChI=1S/C30H35NO4/c1-6-31(20(2)33)28-16-15-25(19-27(28)30(3,4)5)26-18-24(14-11-22(26)8-7-17-32)21-9-12-23(13-10-21)29(34)35/h9-16,18-19,32H,6-8,17H2,1-5H3,(H,34,35). The molecule has 35 heavy (non-hydrogen) atoms. The summed E-state index contributed by atoms with van der Waals surface area (Å²) in [5.74, 6) is -0.931. The van der Waals surface area contributed by atoms with Gasteiger partial charge in [-0.2, -0.15) is 0 Å². The fourth-order valence-corrected chi connectivity index (χ4v) is 4.42. The predicted molar refractivity (Wildman–Crippen MR) is 142 cm³/mol. The topological polar surface area (TPSA) is 77.8 Å². The minimum Gasteiger partial charge on any atom is -0.478 e. The summed E-state index contributed by atoms with van der Waals surface area (Å²) < 4.78 is 0. The second-order valence-electron chi connectivity index (χ2n) is 9.83. The molecular formula is C30H35NO4. The molecular weight excluding hydrogens is 438 g/mol. The zero-order valence-corrected chi connectivity index (χ0v) is 21.3. The van der Waals surface area contributed by atoms with Gasteiger partial charge in [-0.3, -0.25) is 4.79 Å². The minimum atomic E-state index is -0.946. The molecule has 0 radical (unpaired) electrons. The number of anilines is 1. The van der Waals surface area contributed by atoms with E-state index in [0.717, 1.165) is 45.5 Å². The van der Waals surface area contributed by atoms with Gasteiger partial charge in [0.1, 0.15) is 0 Å². The number of amides is 1. The monoisotopic (exact) mass is 473 g/mol. The Morgan fingerprint density at radius 3 is 2.06 bits per heavy atom. The van der Waals surface area contributed by atoms with E-state index in [1.807, 2.05) is 31.2 Å². The summed E-state index contributed by atoms with van der Waals surface area (Å²) in [7, 11) is 0. The van der Waals surface area contributed by atoms with Crippen LogP contribution in [0.5, 0.6) is 0 Å². The van der Waals surface area contributed by atoms with Crippen molar-refractivity contribution >= 4 is 17.6 Å². The molecule has 5 heteroatoms. The normalized spacial score (nSPS) is 11.4. The van der Waals surface area contributed by atoms with Crippen LogP contribution in [0.1, 0.15) is 62.5 Å². The molecule has 2 N–H and O–H groups in total. The highest BCUT2D eigenvalue weighted by Crippen LogP contribution is 2.38. The van der Waals surface area contributed by atoms with Gasteiger partial charge in [0.05, 0.1) is 5.56 Å². The number of carboxylic acid groups (broad SMARTS) is 1. The third kappa shape index (κ3) is 5.98. The highest BCUT2D eigenvalue weighted by Gasteiger charge is 2.24. The number of carboxylic acids is 1. The molecule has 0 bridgehead atoms. The van der Waals surface area contributed by atoms with Gasteiger partial charge in [-0.25, -0.2) is 4.79 Å². The molecule has 0 saturated carbocycles. The van der Waals surface area contributed by atoms with Crippen molar-refractivity contribution in [2.45, 2.75) is 52.9 Å². The molecule has 0 aromatic heterocycles. The van der Waals surface area contributed by atoms with E-state index < -0.39 is 5.97 Å². The average molecular weight is 474 g/mol. The number of aliphatic hydroxyl groups excluding tert-OH is 1. The van der Waals surface area contributed by atoms with E-state index in [2.05, 4.69) is 45.0 Å². The van der Waals surface area contributed by atoms with E-state index in [0.29, 0.717) is 13.0 Å². The molecule has 0 unspecified atom stereocenters. The third-order valence-corrected chi connectivity index (χ3v) is 6.28. The van der Waals surface area contributed by atoms with Crippen molar-refractivity contribution in [1.82, 2.24) is 0 Å². The number of carbonyl (C=O) groups excluding carboxylic acids is 1. The van der Waals surface area contributed by atoms with Crippen LogP contribution in [-0.4, -0.2) is 35.2 Å². The Labute approximate surface area is 208 Å². The van der Waals surface area contributed by atoms with Gasteiger partial charge < -0.3 is 15.1 Å². The van der Waals surface area contributed by atoms with Crippen LogP contribution < -0.4 is 4.90 Å². The second kappa shape index (κ2) is 10.9. The summed E-state index contributed by atoms with van der Waals surface area (Å²) in [6.07, 6.45) is 1.41. The summed E-state index contributed by atoms with van der Waals surface area (Å²) in [5, 5.41) is 18.7. The Morgan fingerprint density at radius 2 is 1.51 bits per heavy atom. The lowest BCUT2D eigenvalue weighted by atomic mass is 9.82. The van der Waals surface area contributed by atoms with Crippen molar-refractivity contribution < 1.29 is 19.8 Å². The predicted octanol–water partition coefficient (Wildman–Crippen LogP) is 6.31. The number of aryl methyl sites for hydroxylation is 1. The lowest BCUT2D eigenvalue weighted by molar-refractivity contribution is -0.116. The molecule has 0 aliphatic rings. The fraction of sp³-hybridized carbons (Fsp3) is 0.333. The largest absolute Gasteiger partial charge is 0.478 e. The van der Waals surface area contributed by atoms with Crippen LogP contribution in [0.15, 0.2) is 60.7 Å². The highest BCUT2D eigenvalue weighted by atomic mass is 16.4. The van der Waals surface area contributed by atoms with Crippen molar-refractivity contribution in [1.29, 1.82) is 0 Å². The third-order valence-electron chi connectivity index (χ3n) is 6.28. The van der Waals surface area contributed by atoms with Crippen LogP contribution in [0.2, 0.25) is 0 Å². The maximum Gasteiger partial charge on any atom is 0.335 e. The molecule has 184 valence electrons. The lowest BCUT2D eigenvalue weighted by Crippen LogP contribution is -2.30. The summed E-state index contributed by atoms with van der Waals surface area (Å²) in [5.41, 5.74) is 7.28. The molecule has 0 atom stereocenters. The number of hydrogen-bond acceptors (Lipinski definition) is 3. The van der Waals surface area contributed by atoms with Crippen molar-refractivity contribution in [2.24, 2.45) is 0 Å². The van der Waals surface area contributed by atoms with Gasteiger partial charge in [-0.15, -0.1) is 0 Å². The molecule has 0 aliphatic heterocycles. The van der Waals surface area contributed by atoms with E-state index in [9.17, 15) is 19.8 Å². The zero-order chi connectivity index (χ0) is 25.8. The maximum atomic E-state index is 12.3. The Kier molecular flexibility index (Phi) is 8.13. The molecule has 3 aromatic rings. The summed E-state index contributed by atoms with van der Waals surface area (Å²) in [6, 6.07) is 19.4. The molecule has 0 heterocycles. The zero-order valence-electron chi connectivity index (χ0n) is 21.3. The van der Waals surface area contributed by atoms with Gasteiger partial charge in [0.25, 0.3) is 0 Å². The number of hydrogen-bond donors (Lipinski definition) is 2. The Bertz CT molecular complexity index is 1210. The van der Waals surface area contributed by atoms with Crippen LogP contribution >= 0.6 is 0 Å². The number of carbonyl (C=O) groups is 2. The first-order chi connectivity index (χ1) is 16.6. The maximum absolute atomic E-state index is 12.3. The van der Waals surface area contributed by atoms with Crippen LogP contribution in [0.3, 0.4) is 0 Å². The number of nitrogens with zero attached hydrogens (tertiary/aromatic N) is 1. The summed E-state index contributed by atoms with van der Waals surface area (Å²) in [6.45, 7) is 10.7. The van der Waals surface area contributed by atoms with Crippen molar-refractivity contribution in [3.8, 4) is 22.3 Å². The van der Waals surface area contributed by atoms with Crippen LogP contribution in [-0.2, 0) is 16.6 Å². The SMILES string of the molecule is CCN(C(C)=O)c1ccc(-c2cc(-c3ccc(C(=O)O)cc3)ccc2CCCO)cc1C(C)(C)C. The van der Waals surface area contributed by atoms with E-state index >= 15 is 0 Å². The number of aromatic carboxylic acids is 1. The van der Waals surface area contributed by atoms with Gasteiger partial charge in [0.2, 0.25) is 5.91 Å². The minimum absolute atomic E-state index is 0.0150. The molecule has 0 saturated heterocycles. The quantitative estimate of drug-likeness (QED) is 0.402. The van der Waals surface area contributed by atoms with Gasteiger partial charge in [-0.05, 0) is 88.9 Å². The molecule has 0 aliphatic carbocycles.